The van der Waals surface area contributed by atoms with Crippen LogP contribution in [0.4, 0.5) is 0 Å². The first-order chi connectivity index (χ1) is 11.7. The van der Waals surface area contributed by atoms with Crippen LogP contribution in [0.25, 0.3) is 0 Å². The Morgan fingerprint density at radius 3 is 2.75 bits per heavy atom. The lowest BCUT2D eigenvalue weighted by atomic mass is 10.2. The van der Waals surface area contributed by atoms with E-state index in [2.05, 4.69) is 22.8 Å². The van der Waals surface area contributed by atoms with Crippen molar-refractivity contribution < 1.29 is 9.15 Å². The monoisotopic (exact) mass is 343 g/mol. The maximum atomic E-state index is 5.75. The fraction of sp³-hybridized carbons (Fsp3) is 0.333. The molecule has 0 radical (unpaired) electrons. The van der Waals surface area contributed by atoms with E-state index >= 15 is 0 Å². The van der Waals surface area contributed by atoms with Crippen LogP contribution in [0.1, 0.15) is 36.3 Å². The average Bonchev–Trinajstić information content (AvgIpc) is 3.14. The highest BCUT2D eigenvalue weighted by molar-refractivity contribution is 7.80. The third-order valence-corrected chi connectivity index (χ3v) is 4.33. The van der Waals surface area contributed by atoms with Gasteiger partial charge in [0, 0.05) is 12.5 Å². The van der Waals surface area contributed by atoms with Crippen molar-refractivity contribution in [1.82, 2.24) is 10.7 Å². The molecular formula is C18H21N3O2S. The fourth-order valence-corrected chi connectivity index (χ4v) is 2.60. The molecule has 1 aromatic carbocycles. The fourth-order valence-electron chi connectivity index (χ4n) is 2.48. The predicted molar refractivity (Wildman–Crippen MR) is 98.4 cm³/mol. The van der Waals surface area contributed by atoms with Gasteiger partial charge in [-0.05, 0) is 54.4 Å². The van der Waals surface area contributed by atoms with Gasteiger partial charge in [-0.25, -0.2) is 0 Å². The van der Waals surface area contributed by atoms with Crippen molar-refractivity contribution >= 4 is 23.5 Å². The Labute approximate surface area is 147 Å². The minimum absolute atomic E-state index is 0.463. The molecule has 6 heteroatoms. The molecule has 1 aliphatic carbocycles. The van der Waals surface area contributed by atoms with Crippen LogP contribution in [0.2, 0.25) is 0 Å². The molecule has 3 rings (SSSR count). The van der Waals surface area contributed by atoms with E-state index < -0.39 is 0 Å². The Balaban J connectivity index is 1.42. The van der Waals surface area contributed by atoms with Crippen LogP contribution in [0.15, 0.2) is 45.9 Å². The minimum Gasteiger partial charge on any atom is -0.497 e. The maximum absolute atomic E-state index is 5.75. The van der Waals surface area contributed by atoms with Gasteiger partial charge in [-0.2, -0.15) is 5.10 Å². The van der Waals surface area contributed by atoms with Gasteiger partial charge in [0.2, 0.25) is 0 Å². The van der Waals surface area contributed by atoms with Crippen LogP contribution in [0, 0.1) is 5.92 Å². The van der Waals surface area contributed by atoms with Crippen molar-refractivity contribution in [1.29, 1.82) is 0 Å². The molecule has 126 valence electrons. The van der Waals surface area contributed by atoms with Crippen LogP contribution < -0.4 is 15.5 Å². The summed E-state index contributed by atoms with van der Waals surface area (Å²) in [7, 11) is 1.65. The number of rotatable bonds is 6. The van der Waals surface area contributed by atoms with Crippen molar-refractivity contribution in [2.45, 2.75) is 25.8 Å². The van der Waals surface area contributed by atoms with Gasteiger partial charge in [-0.3, -0.25) is 5.43 Å². The van der Waals surface area contributed by atoms with Gasteiger partial charge in [-0.1, -0.05) is 19.1 Å². The standard InChI is InChI=1S/C18H21N3O2S/c1-12-9-16(12)17-8-7-15(23-17)11-20-21-18(24)19-10-13-3-5-14(22-2)6-4-13/h3-8,11-12,16H,9-10H2,1-2H3,(H2,19,21,24)/b20-11-/t12-,16-/m1/s1. The summed E-state index contributed by atoms with van der Waals surface area (Å²) in [5, 5.41) is 7.66. The zero-order chi connectivity index (χ0) is 16.9. The van der Waals surface area contributed by atoms with E-state index in [9.17, 15) is 0 Å². The smallest absolute Gasteiger partial charge is 0.187 e. The minimum atomic E-state index is 0.463. The van der Waals surface area contributed by atoms with Gasteiger partial charge in [0.1, 0.15) is 17.3 Å². The number of hydrogen-bond donors (Lipinski definition) is 2. The molecule has 1 aliphatic rings. The molecule has 0 spiro atoms. The number of furan rings is 1. The van der Waals surface area contributed by atoms with E-state index in [1.807, 2.05) is 36.4 Å². The molecule has 0 bridgehead atoms. The SMILES string of the molecule is COc1ccc(CNC(=S)N/N=C\c2ccc([C@@H]3C[C@H]3C)o2)cc1. The molecule has 0 amide bonds. The molecule has 2 atom stereocenters. The number of hydrogen-bond acceptors (Lipinski definition) is 4. The quantitative estimate of drug-likeness (QED) is 0.478. The number of nitrogens with zero attached hydrogens (tertiary/aromatic N) is 1. The molecule has 1 fully saturated rings. The van der Waals surface area contributed by atoms with Crippen molar-refractivity contribution in [2.75, 3.05) is 7.11 Å². The number of benzene rings is 1. The summed E-state index contributed by atoms with van der Waals surface area (Å²) in [5.41, 5.74) is 3.90. The highest BCUT2D eigenvalue weighted by Gasteiger charge is 2.36. The second kappa shape index (κ2) is 7.49. The predicted octanol–water partition coefficient (Wildman–Crippen LogP) is 3.41. The van der Waals surface area contributed by atoms with Crippen molar-refractivity contribution in [3.05, 3.63) is 53.5 Å². The van der Waals surface area contributed by atoms with E-state index in [1.165, 1.54) is 6.42 Å². The summed E-state index contributed by atoms with van der Waals surface area (Å²) in [6.07, 6.45) is 2.85. The molecule has 5 nitrogen and oxygen atoms in total. The van der Waals surface area contributed by atoms with E-state index in [4.69, 9.17) is 21.4 Å². The Morgan fingerprint density at radius 1 is 1.33 bits per heavy atom. The van der Waals surface area contributed by atoms with Crippen molar-refractivity contribution in [2.24, 2.45) is 11.0 Å². The van der Waals surface area contributed by atoms with Crippen LogP contribution >= 0.6 is 12.2 Å². The summed E-state index contributed by atoms with van der Waals surface area (Å²) in [4.78, 5) is 0. The highest BCUT2D eigenvalue weighted by Crippen LogP contribution is 2.47. The molecule has 0 aliphatic heterocycles. The number of methoxy groups -OCH3 is 1. The third kappa shape index (κ3) is 4.35. The Kier molecular flexibility index (Phi) is 5.15. The second-order valence-electron chi connectivity index (χ2n) is 5.96. The van der Waals surface area contributed by atoms with Gasteiger partial charge in [0.15, 0.2) is 5.11 Å². The van der Waals surface area contributed by atoms with E-state index in [1.54, 1.807) is 13.3 Å². The Bertz CT molecular complexity index is 724. The summed E-state index contributed by atoms with van der Waals surface area (Å²) in [6, 6.07) is 11.8. The Morgan fingerprint density at radius 2 is 2.08 bits per heavy atom. The van der Waals surface area contributed by atoms with Crippen molar-refractivity contribution in [3.63, 3.8) is 0 Å². The van der Waals surface area contributed by atoms with Crippen LogP contribution in [0.5, 0.6) is 5.75 Å². The van der Waals surface area contributed by atoms with Gasteiger partial charge in [0.05, 0.1) is 13.3 Å². The summed E-state index contributed by atoms with van der Waals surface area (Å²) in [6.45, 7) is 2.85. The lowest BCUT2D eigenvalue weighted by molar-refractivity contribution is 0.414. The number of nitrogens with one attached hydrogen (secondary N) is 2. The van der Waals surface area contributed by atoms with Crippen LogP contribution in [0.3, 0.4) is 0 Å². The van der Waals surface area contributed by atoms with Gasteiger partial charge in [0.25, 0.3) is 0 Å². The first-order valence-corrected chi connectivity index (χ1v) is 8.36. The molecule has 1 saturated carbocycles. The summed E-state index contributed by atoms with van der Waals surface area (Å²) < 4.78 is 10.9. The molecule has 0 saturated heterocycles. The van der Waals surface area contributed by atoms with E-state index in [-0.39, 0.29) is 0 Å². The molecule has 2 N–H and O–H groups in total. The molecule has 0 unspecified atom stereocenters. The van der Waals surface area contributed by atoms with Gasteiger partial charge in [-0.15, -0.1) is 0 Å². The topological polar surface area (TPSA) is 58.8 Å². The van der Waals surface area contributed by atoms with Crippen LogP contribution in [-0.4, -0.2) is 18.4 Å². The lowest BCUT2D eigenvalue weighted by Gasteiger charge is -2.07. The first kappa shape index (κ1) is 16.5. The van der Waals surface area contributed by atoms with Gasteiger partial charge < -0.3 is 14.5 Å². The summed E-state index contributed by atoms with van der Waals surface area (Å²) >= 11 is 5.20. The molecule has 1 heterocycles. The number of thiocarbonyl (C=S) groups is 1. The molecule has 1 aromatic heterocycles. The van der Waals surface area contributed by atoms with Gasteiger partial charge >= 0.3 is 0 Å². The largest absolute Gasteiger partial charge is 0.497 e. The first-order valence-electron chi connectivity index (χ1n) is 7.95. The Hall–Kier alpha value is -2.34. The summed E-state index contributed by atoms with van der Waals surface area (Å²) in [5.74, 6) is 3.92. The number of ether oxygens (including phenoxy) is 1. The lowest BCUT2D eigenvalue weighted by Crippen LogP contribution is -2.31. The highest BCUT2D eigenvalue weighted by atomic mass is 32.1. The van der Waals surface area contributed by atoms with E-state index in [0.29, 0.717) is 17.6 Å². The zero-order valence-corrected chi connectivity index (χ0v) is 14.6. The molecular weight excluding hydrogens is 322 g/mol. The zero-order valence-electron chi connectivity index (χ0n) is 13.8. The second-order valence-corrected chi connectivity index (χ2v) is 6.37. The average molecular weight is 343 g/mol. The maximum Gasteiger partial charge on any atom is 0.187 e. The van der Waals surface area contributed by atoms with Crippen molar-refractivity contribution in [3.8, 4) is 5.75 Å². The van der Waals surface area contributed by atoms with E-state index in [0.717, 1.165) is 28.8 Å². The molecule has 2 aromatic rings. The normalized spacial score (nSPS) is 19.2. The molecule has 24 heavy (non-hydrogen) atoms. The third-order valence-electron chi connectivity index (χ3n) is 4.09. The number of hydrazone groups is 1. The van der Waals surface area contributed by atoms with Crippen LogP contribution in [-0.2, 0) is 6.54 Å².